The third kappa shape index (κ3) is 4.30. The second-order valence-corrected chi connectivity index (χ2v) is 7.62. The average molecular weight is 428 g/mol. The first-order valence-corrected chi connectivity index (χ1v) is 10.7. The highest BCUT2D eigenvalue weighted by Gasteiger charge is 2.51. The summed E-state index contributed by atoms with van der Waals surface area (Å²) in [5, 5.41) is 0. The van der Waals surface area contributed by atoms with Crippen molar-refractivity contribution in [1.29, 1.82) is 0 Å². The number of carbonyl (C=O) groups excluding carboxylic acids is 3. The zero-order valence-electron chi connectivity index (χ0n) is 17.8. The molecule has 6 nitrogen and oxygen atoms in total. The molecule has 2 aromatic carbocycles. The Balaban J connectivity index is 1.66. The van der Waals surface area contributed by atoms with Crippen LogP contribution in [0.5, 0.6) is 5.75 Å². The third-order valence-corrected chi connectivity index (χ3v) is 5.67. The molecule has 32 heavy (non-hydrogen) atoms. The fourth-order valence-corrected chi connectivity index (χ4v) is 4.12. The third-order valence-electron chi connectivity index (χ3n) is 5.67. The highest BCUT2D eigenvalue weighted by Crippen LogP contribution is 2.38. The molecule has 3 aromatic rings. The number of carbonyl (C=O) groups is 3. The largest absolute Gasteiger partial charge is 0.494 e. The van der Waals surface area contributed by atoms with Gasteiger partial charge in [-0.15, -0.1) is 0 Å². The Kier molecular flexibility index (Phi) is 6.40. The van der Waals surface area contributed by atoms with Gasteiger partial charge in [0.1, 0.15) is 11.7 Å². The first-order valence-electron chi connectivity index (χ1n) is 10.7. The lowest BCUT2D eigenvalue weighted by Gasteiger charge is -2.27. The maximum Gasteiger partial charge on any atom is 0.291 e. The lowest BCUT2D eigenvalue weighted by atomic mass is 9.86. The Morgan fingerprint density at radius 2 is 1.66 bits per heavy atom. The predicted octanol–water partition coefficient (Wildman–Crippen LogP) is 3.67. The summed E-state index contributed by atoms with van der Waals surface area (Å²) in [5.74, 6) is -2.10. The van der Waals surface area contributed by atoms with Gasteiger partial charge in [-0.2, -0.15) is 0 Å². The smallest absolute Gasteiger partial charge is 0.291 e. The number of ketones is 2. The van der Waals surface area contributed by atoms with E-state index in [-0.39, 0.29) is 5.78 Å². The lowest BCUT2D eigenvalue weighted by molar-refractivity contribution is -0.140. The van der Waals surface area contributed by atoms with Gasteiger partial charge in [0.25, 0.3) is 5.91 Å². The van der Waals surface area contributed by atoms with Crippen LogP contribution in [-0.4, -0.2) is 40.5 Å². The minimum atomic E-state index is -1.10. The van der Waals surface area contributed by atoms with Gasteiger partial charge in [-0.1, -0.05) is 30.3 Å². The summed E-state index contributed by atoms with van der Waals surface area (Å²) in [7, 11) is 0. The quantitative estimate of drug-likeness (QED) is 0.311. The zero-order valence-corrected chi connectivity index (χ0v) is 17.8. The number of benzene rings is 2. The van der Waals surface area contributed by atoms with Crippen LogP contribution in [0.1, 0.15) is 34.5 Å². The van der Waals surface area contributed by atoms with E-state index < -0.39 is 23.7 Å². The standard InChI is InChI=1S/C26H24N2O4/c1-2-32-21-10-8-20(9-11-21)24(29)22-23(19-12-15-27-16-13-19)28(26(31)25(22)30)17-14-18-6-4-3-5-7-18/h3-13,15-16,22-23H,2,14,17H2,1H3. The Morgan fingerprint density at radius 1 is 0.969 bits per heavy atom. The van der Waals surface area contributed by atoms with Crippen LogP contribution in [-0.2, 0) is 16.0 Å². The summed E-state index contributed by atoms with van der Waals surface area (Å²) in [6.07, 6.45) is 3.80. The van der Waals surface area contributed by atoms with Crippen molar-refractivity contribution >= 4 is 17.5 Å². The Hall–Kier alpha value is -3.80. The summed E-state index contributed by atoms with van der Waals surface area (Å²) in [4.78, 5) is 45.0. The van der Waals surface area contributed by atoms with E-state index in [9.17, 15) is 14.4 Å². The maximum absolute atomic E-state index is 13.4. The number of hydrogen-bond donors (Lipinski definition) is 0. The minimum Gasteiger partial charge on any atom is -0.494 e. The molecule has 1 aromatic heterocycles. The van der Waals surface area contributed by atoms with Crippen LogP contribution in [0.4, 0.5) is 0 Å². The van der Waals surface area contributed by atoms with Crippen LogP contribution in [0.3, 0.4) is 0 Å². The van der Waals surface area contributed by atoms with Gasteiger partial charge in [0.2, 0.25) is 5.78 Å². The van der Waals surface area contributed by atoms with Crippen molar-refractivity contribution in [2.45, 2.75) is 19.4 Å². The van der Waals surface area contributed by atoms with E-state index in [1.165, 1.54) is 4.90 Å². The molecule has 6 heteroatoms. The van der Waals surface area contributed by atoms with E-state index in [0.717, 1.165) is 11.1 Å². The molecule has 1 aliphatic heterocycles. The van der Waals surface area contributed by atoms with Crippen LogP contribution in [0.15, 0.2) is 79.1 Å². The number of hydrogen-bond acceptors (Lipinski definition) is 5. The maximum atomic E-state index is 13.4. The van der Waals surface area contributed by atoms with Gasteiger partial charge in [0.15, 0.2) is 5.78 Å². The normalized spacial score (nSPS) is 18.1. The topological polar surface area (TPSA) is 76.6 Å². The molecule has 0 bridgehead atoms. The number of aromatic nitrogens is 1. The van der Waals surface area contributed by atoms with Crippen LogP contribution in [0, 0.1) is 5.92 Å². The summed E-state index contributed by atoms with van der Waals surface area (Å²) in [6, 6.07) is 19.3. The van der Waals surface area contributed by atoms with Crippen molar-refractivity contribution in [3.05, 3.63) is 95.8 Å². The van der Waals surface area contributed by atoms with Crippen molar-refractivity contribution in [2.24, 2.45) is 5.92 Å². The Morgan fingerprint density at radius 3 is 2.31 bits per heavy atom. The first-order chi connectivity index (χ1) is 15.6. The van der Waals surface area contributed by atoms with Crippen molar-refractivity contribution in [2.75, 3.05) is 13.2 Å². The highest BCUT2D eigenvalue weighted by atomic mass is 16.5. The molecule has 0 spiro atoms. The highest BCUT2D eigenvalue weighted by molar-refractivity contribution is 6.44. The molecular weight excluding hydrogens is 404 g/mol. The number of rotatable bonds is 8. The number of likely N-dealkylation sites (tertiary alicyclic amines) is 1. The SMILES string of the molecule is CCOc1ccc(C(=O)C2C(=O)C(=O)N(CCc3ccccc3)C2c2ccncc2)cc1. The van der Waals surface area contributed by atoms with E-state index in [1.54, 1.807) is 48.8 Å². The van der Waals surface area contributed by atoms with E-state index in [2.05, 4.69) is 4.98 Å². The second-order valence-electron chi connectivity index (χ2n) is 7.62. The second kappa shape index (κ2) is 9.56. The van der Waals surface area contributed by atoms with E-state index in [4.69, 9.17) is 4.74 Å². The Labute approximate surface area is 186 Å². The fourth-order valence-electron chi connectivity index (χ4n) is 4.12. The molecule has 4 rings (SSSR count). The van der Waals surface area contributed by atoms with Gasteiger partial charge < -0.3 is 9.64 Å². The Bertz CT molecular complexity index is 1100. The molecule has 1 fully saturated rings. The minimum absolute atomic E-state index is 0.342. The van der Waals surface area contributed by atoms with Gasteiger partial charge >= 0.3 is 0 Å². The van der Waals surface area contributed by atoms with Crippen LogP contribution in [0.25, 0.3) is 0 Å². The van der Waals surface area contributed by atoms with Crippen molar-refractivity contribution in [1.82, 2.24) is 9.88 Å². The van der Waals surface area contributed by atoms with E-state index in [1.807, 2.05) is 37.3 Å². The number of Topliss-reactive ketones (excluding diaryl/α,β-unsaturated/α-hetero) is 2. The van der Waals surface area contributed by atoms with Crippen molar-refractivity contribution in [3.63, 3.8) is 0 Å². The lowest BCUT2D eigenvalue weighted by Crippen LogP contribution is -2.32. The molecule has 0 radical (unpaired) electrons. The van der Waals surface area contributed by atoms with Gasteiger partial charge in [-0.25, -0.2) is 0 Å². The summed E-state index contributed by atoms with van der Waals surface area (Å²) in [6.45, 7) is 2.74. The summed E-state index contributed by atoms with van der Waals surface area (Å²) in [5.41, 5.74) is 2.16. The van der Waals surface area contributed by atoms with Crippen LogP contribution < -0.4 is 4.74 Å². The molecular formula is C26H24N2O4. The molecule has 1 amide bonds. The van der Waals surface area contributed by atoms with Crippen LogP contribution >= 0.6 is 0 Å². The van der Waals surface area contributed by atoms with Crippen molar-refractivity contribution in [3.8, 4) is 5.75 Å². The molecule has 2 heterocycles. The molecule has 0 aliphatic carbocycles. The summed E-state index contributed by atoms with van der Waals surface area (Å²) >= 11 is 0. The first kappa shape index (κ1) is 21.4. The monoisotopic (exact) mass is 428 g/mol. The van der Waals surface area contributed by atoms with Crippen molar-refractivity contribution < 1.29 is 19.1 Å². The van der Waals surface area contributed by atoms with Gasteiger partial charge in [0, 0.05) is 24.5 Å². The van der Waals surface area contributed by atoms with Gasteiger partial charge in [-0.3, -0.25) is 19.4 Å². The molecule has 1 aliphatic rings. The molecule has 162 valence electrons. The summed E-state index contributed by atoms with van der Waals surface area (Å²) < 4.78 is 5.44. The number of amides is 1. The van der Waals surface area contributed by atoms with Gasteiger partial charge in [0.05, 0.1) is 12.6 Å². The van der Waals surface area contributed by atoms with E-state index >= 15 is 0 Å². The van der Waals surface area contributed by atoms with Gasteiger partial charge in [-0.05, 0) is 60.9 Å². The molecule has 0 saturated carbocycles. The average Bonchev–Trinajstić information content (AvgIpc) is 3.09. The predicted molar refractivity (Wildman–Crippen MR) is 119 cm³/mol. The number of nitrogens with zero attached hydrogens (tertiary/aromatic N) is 2. The molecule has 0 N–H and O–H groups in total. The fraction of sp³-hybridized carbons (Fsp3) is 0.231. The molecule has 2 unspecified atom stereocenters. The molecule has 1 saturated heterocycles. The number of ether oxygens (including phenoxy) is 1. The number of pyridine rings is 1. The zero-order chi connectivity index (χ0) is 22.5. The molecule has 2 atom stereocenters. The van der Waals surface area contributed by atoms with E-state index in [0.29, 0.717) is 30.9 Å². The van der Waals surface area contributed by atoms with Crippen LogP contribution in [0.2, 0.25) is 0 Å².